The lowest BCUT2D eigenvalue weighted by Crippen LogP contribution is -2.11. The van der Waals surface area contributed by atoms with Gasteiger partial charge in [0.2, 0.25) is 0 Å². The highest BCUT2D eigenvalue weighted by Crippen LogP contribution is 2.21. The third-order valence-corrected chi connectivity index (χ3v) is 2.68. The van der Waals surface area contributed by atoms with Crippen molar-refractivity contribution in [2.45, 2.75) is 38.6 Å². The summed E-state index contributed by atoms with van der Waals surface area (Å²) in [7, 11) is 0. The van der Waals surface area contributed by atoms with Crippen LogP contribution in [0.4, 0.5) is 0 Å². The lowest BCUT2D eigenvalue weighted by molar-refractivity contribution is 0.280. The largest absolute Gasteiger partial charge is 0.396 e. The van der Waals surface area contributed by atoms with E-state index >= 15 is 0 Å². The van der Waals surface area contributed by atoms with Gasteiger partial charge in [-0.15, -0.1) is 0 Å². The second-order valence-corrected chi connectivity index (χ2v) is 4.30. The third-order valence-electron chi connectivity index (χ3n) is 2.68. The van der Waals surface area contributed by atoms with Crippen LogP contribution in [0.25, 0.3) is 0 Å². The molecule has 0 bridgehead atoms. The maximum absolute atomic E-state index is 8.75. The van der Waals surface area contributed by atoms with Gasteiger partial charge in [0.25, 0.3) is 0 Å². The molecule has 1 aromatic rings. The van der Waals surface area contributed by atoms with Crippen molar-refractivity contribution in [3.63, 3.8) is 0 Å². The standard InChI is InChI=1S/C13H21NO/c1-10(2)11-5-3-6-12(9-11)13(14)7-4-8-15/h3,5-6,9-10,13,15H,4,7-8,14H2,1-2H3/t13-/m1/s1. The summed E-state index contributed by atoms with van der Waals surface area (Å²) in [6.07, 6.45) is 1.62. The summed E-state index contributed by atoms with van der Waals surface area (Å²) in [6.45, 7) is 4.58. The topological polar surface area (TPSA) is 46.2 Å². The van der Waals surface area contributed by atoms with E-state index in [1.165, 1.54) is 11.1 Å². The summed E-state index contributed by atoms with van der Waals surface area (Å²) < 4.78 is 0. The van der Waals surface area contributed by atoms with Crippen molar-refractivity contribution in [3.8, 4) is 0 Å². The van der Waals surface area contributed by atoms with Crippen molar-refractivity contribution >= 4 is 0 Å². The van der Waals surface area contributed by atoms with Crippen LogP contribution in [0.5, 0.6) is 0 Å². The molecule has 2 nitrogen and oxygen atoms in total. The molecule has 0 aliphatic heterocycles. The Morgan fingerprint density at radius 1 is 1.27 bits per heavy atom. The summed E-state index contributed by atoms with van der Waals surface area (Å²) in [6, 6.07) is 8.48. The summed E-state index contributed by atoms with van der Waals surface area (Å²) >= 11 is 0. The molecule has 0 aliphatic rings. The van der Waals surface area contributed by atoms with Gasteiger partial charge in [-0.05, 0) is 29.9 Å². The zero-order valence-corrected chi connectivity index (χ0v) is 9.61. The first kappa shape index (κ1) is 12.2. The number of nitrogens with two attached hydrogens (primary N) is 1. The molecule has 0 fully saturated rings. The molecule has 0 saturated carbocycles. The third kappa shape index (κ3) is 3.65. The maximum atomic E-state index is 8.75. The van der Waals surface area contributed by atoms with Crippen LogP contribution in [-0.2, 0) is 0 Å². The molecule has 0 aliphatic carbocycles. The van der Waals surface area contributed by atoms with Crippen molar-refractivity contribution in [2.75, 3.05) is 6.61 Å². The van der Waals surface area contributed by atoms with Crippen LogP contribution >= 0.6 is 0 Å². The first-order valence-electron chi connectivity index (χ1n) is 5.61. The highest BCUT2D eigenvalue weighted by Gasteiger charge is 2.07. The fourth-order valence-corrected chi connectivity index (χ4v) is 1.63. The first-order valence-corrected chi connectivity index (χ1v) is 5.61. The SMILES string of the molecule is CC(C)c1cccc([C@H](N)CCCO)c1. The summed E-state index contributed by atoms with van der Waals surface area (Å²) in [5, 5.41) is 8.75. The first-order chi connectivity index (χ1) is 7.15. The van der Waals surface area contributed by atoms with E-state index in [2.05, 4.69) is 38.1 Å². The van der Waals surface area contributed by atoms with Gasteiger partial charge in [0.05, 0.1) is 0 Å². The number of aliphatic hydroxyl groups is 1. The maximum Gasteiger partial charge on any atom is 0.0431 e. The lowest BCUT2D eigenvalue weighted by Gasteiger charge is -2.14. The zero-order chi connectivity index (χ0) is 11.3. The van der Waals surface area contributed by atoms with Crippen molar-refractivity contribution in [1.29, 1.82) is 0 Å². The predicted molar refractivity (Wildman–Crippen MR) is 63.8 cm³/mol. The van der Waals surface area contributed by atoms with Gasteiger partial charge >= 0.3 is 0 Å². The lowest BCUT2D eigenvalue weighted by atomic mass is 9.96. The minimum Gasteiger partial charge on any atom is -0.396 e. The van der Waals surface area contributed by atoms with E-state index in [0.717, 1.165) is 12.8 Å². The second-order valence-electron chi connectivity index (χ2n) is 4.30. The average molecular weight is 207 g/mol. The Balaban J connectivity index is 2.71. The van der Waals surface area contributed by atoms with Crippen LogP contribution in [0.2, 0.25) is 0 Å². The molecule has 15 heavy (non-hydrogen) atoms. The van der Waals surface area contributed by atoms with Crippen LogP contribution in [0.3, 0.4) is 0 Å². The Bertz CT molecular complexity index is 296. The van der Waals surface area contributed by atoms with Gasteiger partial charge in [0.1, 0.15) is 0 Å². The van der Waals surface area contributed by atoms with Crippen molar-refractivity contribution in [3.05, 3.63) is 35.4 Å². The van der Waals surface area contributed by atoms with Gasteiger partial charge < -0.3 is 10.8 Å². The number of hydrogen-bond donors (Lipinski definition) is 2. The fourth-order valence-electron chi connectivity index (χ4n) is 1.63. The molecule has 0 saturated heterocycles. The Morgan fingerprint density at radius 3 is 2.53 bits per heavy atom. The molecule has 1 atom stereocenters. The molecular formula is C13H21NO. The molecule has 0 unspecified atom stereocenters. The van der Waals surface area contributed by atoms with Gasteiger partial charge in [-0.1, -0.05) is 38.1 Å². The molecule has 0 aromatic heterocycles. The second kappa shape index (κ2) is 5.89. The number of hydrogen-bond acceptors (Lipinski definition) is 2. The number of benzene rings is 1. The van der Waals surface area contributed by atoms with Gasteiger partial charge in [-0.3, -0.25) is 0 Å². The predicted octanol–water partition coefficient (Wildman–Crippen LogP) is 2.58. The Hall–Kier alpha value is -0.860. The van der Waals surface area contributed by atoms with E-state index in [1.54, 1.807) is 0 Å². The van der Waals surface area contributed by atoms with E-state index in [1.807, 2.05) is 0 Å². The summed E-state index contributed by atoms with van der Waals surface area (Å²) in [5.74, 6) is 0.537. The smallest absolute Gasteiger partial charge is 0.0431 e. The van der Waals surface area contributed by atoms with Gasteiger partial charge in [0.15, 0.2) is 0 Å². The van der Waals surface area contributed by atoms with Crippen LogP contribution in [0.15, 0.2) is 24.3 Å². The van der Waals surface area contributed by atoms with Crippen LogP contribution in [0, 0.1) is 0 Å². The Labute approximate surface area is 92.1 Å². The zero-order valence-electron chi connectivity index (χ0n) is 9.61. The molecule has 84 valence electrons. The van der Waals surface area contributed by atoms with E-state index in [9.17, 15) is 0 Å². The molecule has 3 N–H and O–H groups in total. The van der Waals surface area contributed by atoms with Crippen LogP contribution in [0.1, 0.15) is 49.8 Å². The van der Waals surface area contributed by atoms with E-state index < -0.39 is 0 Å². The quantitative estimate of drug-likeness (QED) is 0.779. The van der Waals surface area contributed by atoms with E-state index in [4.69, 9.17) is 10.8 Å². The minimum atomic E-state index is 0.0517. The fraction of sp³-hybridized carbons (Fsp3) is 0.538. The highest BCUT2D eigenvalue weighted by molar-refractivity contribution is 5.27. The van der Waals surface area contributed by atoms with E-state index in [0.29, 0.717) is 5.92 Å². The molecule has 1 aromatic carbocycles. The van der Waals surface area contributed by atoms with Crippen molar-refractivity contribution < 1.29 is 5.11 Å². The molecule has 0 radical (unpaired) electrons. The minimum absolute atomic E-state index is 0.0517. The van der Waals surface area contributed by atoms with Crippen LogP contribution in [-0.4, -0.2) is 11.7 Å². The molecule has 0 spiro atoms. The highest BCUT2D eigenvalue weighted by atomic mass is 16.2. The Kier molecular flexibility index (Phi) is 4.79. The number of aliphatic hydroxyl groups excluding tert-OH is 1. The van der Waals surface area contributed by atoms with E-state index in [-0.39, 0.29) is 12.6 Å². The van der Waals surface area contributed by atoms with Gasteiger partial charge in [-0.2, -0.15) is 0 Å². The normalized spacial score (nSPS) is 13.1. The van der Waals surface area contributed by atoms with Crippen molar-refractivity contribution in [2.24, 2.45) is 5.73 Å². The van der Waals surface area contributed by atoms with Gasteiger partial charge in [-0.25, -0.2) is 0 Å². The average Bonchev–Trinajstić information content (AvgIpc) is 2.26. The molecule has 0 amide bonds. The van der Waals surface area contributed by atoms with Crippen molar-refractivity contribution in [1.82, 2.24) is 0 Å². The molecular weight excluding hydrogens is 186 g/mol. The monoisotopic (exact) mass is 207 g/mol. The number of rotatable bonds is 5. The molecule has 2 heteroatoms. The Morgan fingerprint density at radius 2 is 1.93 bits per heavy atom. The van der Waals surface area contributed by atoms with Crippen LogP contribution < -0.4 is 5.73 Å². The summed E-state index contributed by atoms with van der Waals surface area (Å²) in [5.41, 5.74) is 8.54. The summed E-state index contributed by atoms with van der Waals surface area (Å²) in [4.78, 5) is 0. The molecule has 0 heterocycles. The molecule has 1 rings (SSSR count). The van der Waals surface area contributed by atoms with Gasteiger partial charge in [0, 0.05) is 12.6 Å².